The molecule has 4 nitrogen and oxygen atoms in total. The number of hydrazine groups is 1. The molecular weight excluding hydrogens is 250 g/mol. The second-order valence-electron chi connectivity index (χ2n) is 4.63. The van der Waals surface area contributed by atoms with Crippen molar-refractivity contribution in [3.63, 3.8) is 0 Å². The SMILES string of the molecule is c1ccc(NNC2=N[C@H](c3ccccc3)COC2)cc1. The summed E-state index contributed by atoms with van der Waals surface area (Å²) in [5.74, 6) is 0.814. The van der Waals surface area contributed by atoms with Gasteiger partial charge in [-0.1, -0.05) is 48.5 Å². The summed E-state index contributed by atoms with van der Waals surface area (Å²) in [5.41, 5.74) is 8.41. The molecule has 2 N–H and O–H groups in total. The summed E-state index contributed by atoms with van der Waals surface area (Å²) in [6.07, 6.45) is 0. The van der Waals surface area contributed by atoms with Crippen LogP contribution in [0, 0.1) is 0 Å². The fraction of sp³-hybridized carbons (Fsp3) is 0.188. The summed E-state index contributed by atoms with van der Waals surface area (Å²) in [5, 5.41) is 0. The van der Waals surface area contributed by atoms with Crippen molar-refractivity contribution in [2.45, 2.75) is 6.04 Å². The monoisotopic (exact) mass is 267 g/mol. The average molecular weight is 267 g/mol. The highest BCUT2D eigenvalue weighted by atomic mass is 16.5. The number of amidine groups is 1. The van der Waals surface area contributed by atoms with Gasteiger partial charge in [-0.2, -0.15) is 0 Å². The Labute approximate surface area is 118 Å². The number of para-hydroxylation sites is 1. The fourth-order valence-corrected chi connectivity index (χ4v) is 2.11. The fourth-order valence-electron chi connectivity index (χ4n) is 2.11. The molecule has 0 fully saturated rings. The molecule has 0 aromatic heterocycles. The number of aliphatic imine (C=N–C) groups is 1. The lowest BCUT2D eigenvalue weighted by Crippen LogP contribution is -2.36. The smallest absolute Gasteiger partial charge is 0.142 e. The van der Waals surface area contributed by atoms with E-state index in [2.05, 4.69) is 28.0 Å². The van der Waals surface area contributed by atoms with E-state index in [-0.39, 0.29) is 6.04 Å². The molecule has 0 amide bonds. The molecule has 0 radical (unpaired) electrons. The molecule has 20 heavy (non-hydrogen) atoms. The van der Waals surface area contributed by atoms with Crippen LogP contribution in [-0.4, -0.2) is 19.0 Å². The second-order valence-corrected chi connectivity index (χ2v) is 4.63. The number of rotatable bonds is 3. The van der Waals surface area contributed by atoms with E-state index in [4.69, 9.17) is 4.74 Å². The molecule has 0 aliphatic carbocycles. The van der Waals surface area contributed by atoms with Crippen molar-refractivity contribution in [3.05, 3.63) is 66.2 Å². The van der Waals surface area contributed by atoms with Gasteiger partial charge in [0, 0.05) is 0 Å². The summed E-state index contributed by atoms with van der Waals surface area (Å²) < 4.78 is 5.60. The Morgan fingerprint density at radius 3 is 2.35 bits per heavy atom. The normalized spacial score (nSPS) is 18.2. The maximum Gasteiger partial charge on any atom is 0.142 e. The zero-order chi connectivity index (χ0) is 13.6. The number of hydrogen-bond acceptors (Lipinski definition) is 4. The molecule has 0 unspecified atom stereocenters. The van der Waals surface area contributed by atoms with E-state index in [0.29, 0.717) is 13.2 Å². The molecule has 0 saturated heterocycles. The van der Waals surface area contributed by atoms with Crippen molar-refractivity contribution >= 4 is 11.5 Å². The maximum atomic E-state index is 5.60. The van der Waals surface area contributed by atoms with Gasteiger partial charge in [0.15, 0.2) is 0 Å². The zero-order valence-corrected chi connectivity index (χ0v) is 11.1. The first-order valence-electron chi connectivity index (χ1n) is 6.68. The van der Waals surface area contributed by atoms with E-state index < -0.39 is 0 Å². The van der Waals surface area contributed by atoms with Gasteiger partial charge in [-0.15, -0.1) is 0 Å². The van der Waals surface area contributed by atoms with Crippen LogP contribution in [0.1, 0.15) is 11.6 Å². The topological polar surface area (TPSA) is 45.7 Å². The van der Waals surface area contributed by atoms with Crippen LogP contribution in [0.4, 0.5) is 5.69 Å². The van der Waals surface area contributed by atoms with Crippen LogP contribution < -0.4 is 10.9 Å². The molecule has 0 bridgehead atoms. The van der Waals surface area contributed by atoms with Crippen LogP contribution in [0.3, 0.4) is 0 Å². The van der Waals surface area contributed by atoms with Crippen molar-refractivity contribution in [2.75, 3.05) is 18.6 Å². The van der Waals surface area contributed by atoms with Crippen LogP contribution in [0.25, 0.3) is 0 Å². The van der Waals surface area contributed by atoms with E-state index in [0.717, 1.165) is 11.5 Å². The van der Waals surface area contributed by atoms with Crippen LogP contribution >= 0.6 is 0 Å². The van der Waals surface area contributed by atoms with Gasteiger partial charge in [0.25, 0.3) is 0 Å². The molecule has 3 rings (SSSR count). The Morgan fingerprint density at radius 2 is 1.60 bits per heavy atom. The Hall–Kier alpha value is -2.33. The van der Waals surface area contributed by atoms with Crippen molar-refractivity contribution in [2.24, 2.45) is 4.99 Å². The third-order valence-electron chi connectivity index (χ3n) is 3.14. The van der Waals surface area contributed by atoms with E-state index in [1.54, 1.807) is 0 Å². The Kier molecular flexibility index (Phi) is 3.94. The van der Waals surface area contributed by atoms with Gasteiger partial charge in [-0.3, -0.25) is 15.8 Å². The van der Waals surface area contributed by atoms with Crippen molar-refractivity contribution in [1.82, 2.24) is 5.43 Å². The van der Waals surface area contributed by atoms with Gasteiger partial charge >= 0.3 is 0 Å². The third kappa shape index (κ3) is 3.16. The van der Waals surface area contributed by atoms with Crippen LogP contribution in [0.2, 0.25) is 0 Å². The zero-order valence-electron chi connectivity index (χ0n) is 11.1. The van der Waals surface area contributed by atoms with Gasteiger partial charge < -0.3 is 4.74 Å². The molecule has 1 aliphatic heterocycles. The maximum absolute atomic E-state index is 5.60. The first-order chi connectivity index (χ1) is 9.92. The van der Waals surface area contributed by atoms with Crippen LogP contribution in [0.15, 0.2) is 65.7 Å². The van der Waals surface area contributed by atoms with Gasteiger partial charge in [-0.25, -0.2) is 0 Å². The highest BCUT2D eigenvalue weighted by Crippen LogP contribution is 2.20. The average Bonchev–Trinajstić information content (AvgIpc) is 2.55. The van der Waals surface area contributed by atoms with Gasteiger partial charge in [0.1, 0.15) is 18.5 Å². The Bertz CT molecular complexity index is 569. The summed E-state index contributed by atoms with van der Waals surface area (Å²) in [6, 6.07) is 20.2. The Morgan fingerprint density at radius 1 is 0.900 bits per heavy atom. The molecule has 102 valence electrons. The number of benzene rings is 2. The number of ether oxygens (including phenoxy) is 1. The molecule has 0 spiro atoms. The van der Waals surface area contributed by atoms with Crippen molar-refractivity contribution < 1.29 is 4.74 Å². The lowest BCUT2D eigenvalue weighted by atomic mass is 10.1. The molecule has 1 heterocycles. The minimum atomic E-state index is 0.0602. The molecule has 2 aromatic carbocycles. The second kappa shape index (κ2) is 6.21. The van der Waals surface area contributed by atoms with E-state index >= 15 is 0 Å². The lowest BCUT2D eigenvalue weighted by Gasteiger charge is -2.22. The standard InChI is InChI=1S/C16H17N3O/c1-3-7-13(8-4-1)15-11-20-12-16(17-15)19-18-14-9-5-2-6-10-14/h1-10,15,18H,11-12H2,(H,17,19)/t15-/m0/s1. The van der Waals surface area contributed by atoms with E-state index in [1.807, 2.05) is 48.5 Å². The lowest BCUT2D eigenvalue weighted by molar-refractivity contribution is 0.142. The molecule has 4 heteroatoms. The first-order valence-corrected chi connectivity index (χ1v) is 6.68. The van der Waals surface area contributed by atoms with Crippen molar-refractivity contribution in [3.8, 4) is 0 Å². The summed E-state index contributed by atoms with van der Waals surface area (Å²) in [7, 11) is 0. The molecule has 1 aliphatic rings. The van der Waals surface area contributed by atoms with Crippen LogP contribution in [-0.2, 0) is 4.74 Å². The minimum absolute atomic E-state index is 0.0602. The van der Waals surface area contributed by atoms with Gasteiger partial charge in [0.2, 0.25) is 0 Å². The number of nitrogens with one attached hydrogen (secondary N) is 2. The quantitative estimate of drug-likeness (QED) is 0.841. The van der Waals surface area contributed by atoms with Gasteiger partial charge in [0.05, 0.1) is 12.3 Å². The number of nitrogens with zero attached hydrogens (tertiary/aromatic N) is 1. The number of hydrogen-bond donors (Lipinski definition) is 2. The van der Waals surface area contributed by atoms with Crippen LogP contribution in [0.5, 0.6) is 0 Å². The largest absolute Gasteiger partial charge is 0.371 e. The predicted molar refractivity (Wildman–Crippen MR) is 80.6 cm³/mol. The third-order valence-corrected chi connectivity index (χ3v) is 3.14. The molecular formula is C16H17N3O. The van der Waals surface area contributed by atoms with Gasteiger partial charge in [-0.05, 0) is 17.7 Å². The molecule has 0 saturated carbocycles. The molecule has 2 aromatic rings. The minimum Gasteiger partial charge on any atom is -0.371 e. The number of anilines is 1. The van der Waals surface area contributed by atoms with E-state index in [1.165, 1.54) is 5.56 Å². The van der Waals surface area contributed by atoms with E-state index in [9.17, 15) is 0 Å². The highest BCUT2D eigenvalue weighted by Gasteiger charge is 2.16. The predicted octanol–water partition coefficient (Wildman–Crippen LogP) is 2.77. The first kappa shape index (κ1) is 12.7. The summed E-state index contributed by atoms with van der Waals surface area (Å²) >= 11 is 0. The Balaban J connectivity index is 1.66. The molecule has 1 atom stereocenters. The van der Waals surface area contributed by atoms with Crippen molar-refractivity contribution in [1.29, 1.82) is 0 Å². The summed E-state index contributed by atoms with van der Waals surface area (Å²) in [4.78, 5) is 4.69. The summed E-state index contributed by atoms with van der Waals surface area (Å²) in [6.45, 7) is 1.13. The highest BCUT2D eigenvalue weighted by molar-refractivity contribution is 5.85.